The van der Waals surface area contributed by atoms with Crippen molar-refractivity contribution in [1.82, 2.24) is 0 Å². The molecule has 104 valence electrons. The molecule has 2 nitrogen and oxygen atoms in total. The van der Waals surface area contributed by atoms with E-state index < -0.39 is 5.97 Å². The third-order valence-electron chi connectivity index (χ3n) is 4.15. The standard InChI is InChI=1S/C16H21FO2/c17-14-9-7-12(8-10-14)11-15(16(18)19)13-5-3-1-2-4-6-13/h7-10,13,15H,1-6,11H2,(H,18,19). The lowest BCUT2D eigenvalue weighted by atomic mass is 9.82. The molecule has 1 N–H and O–H groups in total. The van der Waals surface area contributed by atoms with Gasteiger partial charge in [0, 0.05) is 0 Å². The maximum atomic E-state index is 12.9. The Labute approximate surface area is 113 Å². The number of carboxylic acids is 1. The van der Waals surface area contributed by atoms with Crippen LogP contribution < -0.4 is 0 Å². The molecule has 1 saturated carbocycles. The number of carboxylic acid groups (broad SMARTS) is 1. The van der Waals surface area contributed by atoms with Gasteiger partial charge in [-0.25, -0.2) is 4.39 Å². The lowest BCUT2D eigenvalue weighted by Gasteiger charge is -2.22. The van der Waals surface area contributed by atoms with Crippen LogP contribution in [0.2, 0.25) is 0 Å². The Morgan fingerprint density at radius 2 is 1.74 bits per heavy atom. The van der Waals surface area contributed by atoms with Gasteiger partial charge in [0.05, 0.1) is 5.92 Å². The van der Waals surface area contributed by atoms with E-state index in [4.69, 9.17) is 0 Å². The van der Waals surface area contributed by atoms with Crippen LogP contribution in [0, 0.1) is 17.7 Å². The second-order valence-corrected chi connectivity index (χ2v) is 5.53. The molecular weight excluding hydrogens is 243 g/mol. The molecule has 1 unspecified atom stereocenters. The molecule has 0 aliphatic heterocycles. The Balaban J connectivity index is 2.06. The smallest absolute Gasteiger partial charge is 0.307 e. The summed E-state index contributed by atoms with van der Waals surface area (Å²) in [6, 6.07) is 6.20. The zero-order valence-electron chi connectivity index (χ0n) is 11.1. The molecular formula is C16H21FO2. The minimum Gasteiger partial charge on any atom is -0.481 e. The zero-order valence-corrected chi connectivity index (χ0v) is 11.1. The fourth-order valence-electron chi connectivity index (χ4n) is 3.04. The van der Waals surface area contributed by atoms with Gasteiger partial charge in [0.2, 0.25) is 0 Å². The summed E-state index contributed by atoms with van der Waals surface area (Å²) in [5, 5.41) is 9.46. The molecule has 3 heteroatoms. The lowest BCUT2D eigenvalue weighted by molar-refractivity contribution is -0.143. The van der Waals surface area contributed by atoms with E-state index in [1.807, 2.05) is 0 Å². The highest BCUT2D eigenvalue weighted by molar-refractivity contribution is 5.70. The summed E-state index contributed by atoms with van der Waals surface area (Å²) in [5.74, 6) is -1.05. The van der Waals surface area contributed by atoms with Gasteiger partial charge in [-0.15, -0.1) is 0 Å². The van der Waals surface area contributed by atoms with Gasteiger partial charge >= 0.3 is 5.97 Å². The molecule has 0 aromatic heterocycles. The van der Waals surface area contributed by atoms with Crippen molar-refractivity contribution in [3.63, 3.8) is 0 Å². The normalized spacial score (nSPS) is 18.8. The fraction of sp³-hybridized carbons (Fsp3) is 0.562. The highest BCUT2D eigenvalue weighted by Crippen LogP contribution is 2.31. The number of carbonyl (C=O) groups is 1. The topological polar surface area (TPSA) is 37.3 Å². The highest BCUT2D eigenvalue weighted by atomic mass is 19.1. The van der Waals surface area contributed by atoms with Crippen LogP contribution in [-0.2, 0) is 11.2 Å². The highest BCUT2D eigenvalue weighted by Gasteiger charge is 2.28. The number of hydrogen-bond donors (Lipinski definition) is 1. The van der Waals surface area contributed by atoms with E-state index in [1.54, 1.807) is 12.1 Å². The average molecular weight is 264 g/mol. The fourth-order valence-corrected chi connectivity index (χ4v) is 3.04. The molecule has 0 spiro atoms. The maximum Gasteiger partial charge on any atom is 0.307 e. The maximum absolute atomic E-state index is 12.9. The minimum atomic E-state index is -0.712. The first-order valence-corrected chi connectivity index (χ1v) is 7.14. The van der Waals surface area contributed by atoms with E-state index in [0.29, 0.717) is 6.42 Å². The SMILES string of the molecule is O=C(O)C(Cc1ccc(F)cc1)C1CCCCCC1. The van der Waals surface area contributed by atoms with Gasteiger partial charge in [-0.05, 0) is 42.9 Å². The van der Waals surface area contributed by atoms with Crippen molar-refractivity contribution in [3.8, 4) is 0 Å². The van der Waals surface area contributed by atoms with Crippen LogP contribution >= 0.6 is 0 Å². The molecule has 1 aliphatic carbocycles. The van der Waals surface area contributed by atoms with Gasteiger partial charge in [0.1, 0.15) is 5.82 Å². The van der Waals surface area contributed by atoms with E-state index in [1.165, 1.54) is 25.0 Å². The number of benzene rings is 1. The predicted molar refractivity (Wildman–Crippen MR) is 72.4 cm³/mol. The summed E-state index contributed by atoms with van der Waals surface area (Å²) < 4.78 is 12.9. The Morgan fingerprint density at radius 3 is 2.26 bits per heavy atom. The molecule has 1 atom stereocenters. The Hall–Kier alpha value is -1.38. The second kappa shape index (κ2) is 6.69. The molecule has 0 radical (unpaired) electrons. The summed E-state index contributed by atoms with van der Waals surface area (Å²) in [6.45, 7) is 0. The van der Waals surface area contributed by atoms with Crippen LogP contribution in [0.1, 0.15) is 44.1 Å². The second-order valence-electron chi connectivity index (χ2n) is 5.53. The van der Waals surface area contributed by atoms with Crippen molar-refractivity contribution in [2.45, 2.75) is 44.9 Å². The third kappa shape index (κ3) is 4.05. The van der Waals surface area contributed by atoms with Gasteiger partial charge in [-0.1, -0.05) is 37.8 Å². The van der Waals surface area contributed by atoms with Crippen molar-refractivity contribution in [2.24, 2.45) is 11.8 Å². The van der Waals surface area contributed by atoms with Crippen LogP contribution in [0.5, 0.6) is 0 Å². The monoisotopic (exact) mass is 264 g/mol. The Morgan fingerprint density at radius 1 is 1.16 bits per heavy atom. The van der Waals surface area contributed by atoms with E-state index in [0.717, 1.165) is 31.2 Å². The van der Waals surface area contributed by atoms with Crippen molar-refractivity contribution < 1.29 is 14.3 Å². The minimum absolute atomic E-state index is 0.269. The van der Waals surface area contributed by atoms with Crippen molar-refractivity contribution in [1.29, 1.82) is 0 Å². The van der Waals surface area contributed by atoms with Crippen molar-refractivity contribution in [2.75, 3.05) is 0 Å². The number of aliphatic carboxylic acids is 1. The molecule has 2 rings (SSSR count). The largest absolute Gasteiger partial charge is 0.481 e. The molecule has 1 fully saturated rings. The number of hydrogen-bond acceptors (Lipinski definition) is 1. The Bertz CT molecular complexity index is 405. The van der Waals surface area contributed by atoms with Crippen molar-refractivity contribution in [3.05, 3.63) is 35.6 Å². The molecule has 1 aliphatic rings. The first-order valence-electron chi connectivity index (χ1n) is 7.14. The molecule has 0 saturated heterocycles. The van der Waals surface area contributed by atoms with Gasteiger partial charge in [-0.3, -0.25) is 4.79 Å². The third-order valence-corrected chi connectivity index (χ3v) is 4.15. The summed E-state index contributed by atoms with van der Waals surface area (Å²) >= 11 is 0. The molecule has 0 amide bonds. The van der Waals surface area contributed by atoms with Crippen LogP contribution in [0.15, 0.2) is 24.3 Å². The molecule has 1 aromatic carbocycles. The summed E-state index contributed by atoms with van der Waals surface area (Å²) in [5.41, 5.74) is 0.915. The summed E-state index contributed by atoms with van der Waals surface area (Å²) in [7, 11) is 0. The summed E-state index contributed by atoms with van der Waals surface area (Å²) in [4.78, 5) is 11.5. The number of rotatable bonds is 4. The van der Waals surface area contributed by atoms with E-state index in [-0.39, 0.29) is 17.7 Å². The zero-order chi connectivity index (χ0) is 13.7. The lowest BCUT2D eigenvalue weighted by Crippen LogP contribution is -2.25. The molecule has 0 heterocycles. The quantitative estimate of drug-likeness (QED) is 0.833. The Kier molecular flexibility index (Phi) is 4.94. The van der Waals surface area contributed by atoms with Gasteiger partial charge in [-0.2, -0.15) is 0 Å². The van der Waals surface area contributed by atoms with Crippen LogP contribution in [0.25, 0.3) is 0 Å². The van der Waals surface area contributed by atoms with E-state index in [2.05, 4.69) is 0 Å². The summed E-state index contributed by atoms with van der Waals surface area (Å²) in [6.07, 6.45) is 7.26. The first-order chi connectivity index (χ1) is 9.16. The van der Waals surface area contributed by atoms with Gasteiger partial charge in [0.15, 0.2) is 0 Å². The van der Waals surface area contributed by atoms with Gasteiger partial charge in [0.25, 0.3) is 0 Å². The van der Waals surface area contributed by atoms with E-state index in [9.17, 15) is 14.3 Å². The van der Waals surface area contributed by atoms with Crippen LogP contribution in [0.3, 0.4) is 0 Å². The van der Waals surface area contributed by atoms with E-state index >= 15 is 0 Å². The van der Waals surface area contributed by atoms with Crippen LogP contribution in [0.4, 0.5) is 4.39 Å². The number of halogens is 1. The van der Waals surface area contributed by atoms with Crippen molar-refractivity contribution >= 4 is 5.97 Å². The first kappa shape index (κ1) is 14.0. The predicted octanol–water partition coefficient (Wildman–Crippen LogP) is 4.04. The molecule has 0 bridgehead atoms. The van der Waals surface area contributed by atoms with Crippen LogP contribution in [-0.4, -0.2) is 11.1 Å². The molecule has 1 aromatic rings. The van der Waals surface area contributed by atoms with Gasteiger partial charge < -0.3 is 5.11 Å². The molecule has 19 heavy (non-hydrogen) atoms. The average Bonchev–Trinajstić information content (AvgIpc) is 2.66.